The molecule has 0 amide bonds. The fourth-order valence-corrected chi connectivity index (χ4v) is 6.14. The number of nitriles is 1. The van der Waals surface area contributed by atoms with Crippen LogP contribution in [0.25, 0.3) is 0 Å². The van der Waals surface area contributed by atoms with Crippen LogP contribution in [0.4, 0.5) is 23.1 Å². The van der Waals surface area contributed by atoms with E-state index >= 15 is 0 Å². The van der Waals surface area contributed by atoms with Crippen LogP contribution < -0.4 is 19.8 Å². The Kier molecular flexibility index (Phi) is 7.19. The quantitative estimate of drug-likeness (QED) is 0.484. The van der Waals surface area contributed by atoms with Gasteiger partial charge in [-0.15, -0.1) is 0 Å². The molecule has 2 aromatic carbocycles. The Hall–Kier alpha value is -3.68. The first-order valence-corrected chi connectivity index (χ1v) is 12.9. The van der Waals surface area contributed by atoms with Gasteiger partial charge in [-0.25, -0.2) is 13.4 Å². The molecule has 35 heavy (non-hydrogen) atoms. The lowest BCUT2D eigenvalue weighted by molar-refractivity contribution is 0.580. The minimum atomic E-state index is -3.92. The monoisotopic (exact) mass is 491 g/mol. The van der Waals surface area contributed by atoms with E-state index in [4.69, 9.17) is 0 Å². The standard InChI is InChI=1S/C25H29N7O2S/c1-18-16-19(2)24(20(3)17-18)35(33,34)32(13-9-26)22-6-4-21(5-7-22)29-23-8-10-28-25(30-23)31-14-11-27-12-15-31/h4-8,10,16-17,27H,11-15H2,1-3H3,(H,28,29,30). The molecule has 0 radical (unpaired) electrons. The van der Waals surface area contributed by atoms with Crippen molar-refractivity contribution in [3.05, 3.63) is 65.4 Å². The lowest BCUT2D eigenvalue weighted by Gasteiger charge is -2.27. The van der Waals surface area contributed by atoms with Gasteiger partial charge in [0, 0.05) is 38.1 Å². The molecule has 9 nitrogen and oxygen atoms in total. The van der Waals surface area contributed by atoms with Crippen molar-refractivity contribution in [3.63, 3.8) is 0 Å². The first-order valence-electron chi connectivity index (χ1n) is 11.4. The van der Waals surface area contributed by atoms with Crippen LogP contribution in [0.3, 0.4) is 0 Å². The number of aryl methyl sites for hydroxylation is 3. The van der Waals surface area contributed by atoms with E-state index in [-0.39, 0.29) is 11.4 Å². The van der Waals surface area contributed by atoms with Gasteiger partial charge in [0.2, 0.25) is 5.95 Å². The van der Waals surface area contributed by atoms with E-state index in [1.165, 1.54) is 0 Å². The molecule has 0 saturated carbocycles. The van der Waals surface area contributed by atoms with Gasteiger partial charge in [-0.05, 0) is 62.2 Å². The van der Waals surface area contributed by atoms with E-state index < -0.39 is 10.0 Å². The summed E-state index contributed by atoms with van der Waals surface area (Å²) in [5, 5.41) is 15.9. The van der Waals surface area contributed by atoms with Crippen molar-refractivity contribution in [1.82, 2.24) is 15.3 Å². The number of nitrogens with one attached hydrogen (secondary N) is 2. The molecule has 0 spiro atoms. The molecule has 2 heterocycles. The summed E-state index contributed by atoms with van der Waals surface area (Å²) in [6, 6.07) is 14.4. The normalized spacial score (nSPS) is 13.8. The van der Waals surface area contributed by atoms with Gasteiger partial charge in [0.25, 0.3) is 10.0 Å². The minimum Gasteiger partial charge on any atom is -0.340 e. The molecule has 1 aliphatic heterocycles. The van der Waals surface area contributed by atoms with Gasteiger partial charge in [0.15, 0.2) is 0 Å². The van der Waals surface area contributed by atoms with Crippen LogP contribution in [0.5, 0.6) is 0 Å². The highest BCUT2D eigenvalue weighted by atomic mass is 32.2. The van der Waals surface area contributed by atoms with Gasteiger partial charge < -0.3 is 15.5 Å². The number of sulfonamides is 1. The summed E-state index contributed by atoms with van der Waals surface area (Å²) < 4.78 is 28.3. The fourth-order valence-electron chi connectivity index (χ4n) is 4.36. The van der Waals surface area contributed by atoms with Crippen molar-refractivity contribution < 1.29 is 8.42 Å². The maximum atomic E-state index is 13.6. The molecule has 1 aliphatic rings. The molecule has 0 atom stereocenters. The molecule has 0 bridgehead atoms. The average molecular weight is 492 g/mol. The smallest absolute Gasteiger partial charge is 0.265 e. The highest BCUT2D eigenvalue weighted by Crippen LogP contribution is 2.30. The molecule has 1 saturated heterocycles. The van der Waals surface area contributed by atoms with Crippen LogP contribution >= 0.6 is 0 Å². The minimum absolute atomic E-state index is 0.238. The molecule has 182 valence electrons. The zero-order valence-corrected chi connectivity index (χ0v) is 20.9. The number of piperazine rings is 1. The molecule has 10 heteroatoms. The van der Waals surface area contributed by atoms with Gasteiger partial charge in [-0.1, -0.05) is 17.7 Å². The molecular formula is C25H29N7O2S. The first kappa shape index (κ1) is 24.4. The van der Waals surface area contributed by atoms with Crippen LogP contribution in [-0.2, 0) is 10.0 Å². The number of benzene rings is 2. The number of hydrogen-bond acceptors (Lipinski definition) is 8. The van der Waals surface area contributed by atoms with Crippen LogP contribution in [0, 0.1) is 32.1 Å². The van der Waals surface area contributed by atoms with Crippen molar-refractivity contribution >= 4 is 33.2 Å². The zero-order chi connectivity index (χ0) is 25.0. The van der Waals surface area contributed by atoms with Crippen molar-refractivity contribution in [3.8, 4) is 6.07 Å². The number of nitrogens with zero attached hydrogens (tertiary/aromatic N) is 5. The Bertz CT molecular complexity index is 1320. The Morgan fingerprint density at radius 1 is 1.09 bits per heavy atom. The molecular weight excluding hydrogens is 462 g/mol. The van der Waals surface area contributed by atoms with E-state index in [1.807, 2.05) is 25.1 Å². The van der Waals surface area contributed by atoms with E-state index in [9.17, 15) is 13.7 Å². The summed E-state index contributed by atoms with van der Waals surface area (Å²) in [6.45, 7) is 8.68. The Balaban J connectivity index is 1.58. The summed E-state index contributed by atoms with van der Waals surface area (Å²) in [4.78, 5) is 11.4. The van der Waals surface area contributed by atoms with E-state index in [1.54, 1.807) is 50.4 Å². The SMILES string of the molecule is Cc1cc(C)c(S(=O)(=O)N(CC#N)c2ccc(Nc3ccnc(N4CCNCC4)n3)cc2)c(C)c1. The fraction of sp³-hybridized carbons (Fsp3) is 0.320. The number of anilines is 4. The van der Waals surface area contributed by atoms with Gasteiger partial charge in [-0.3, -0.25) is 4.31 Å². The summed E-state index contributed by atoms with van der Waals surface area (Å²) in [6.07, 6.45) is 1.72. The molecule has 0 aliphatic carbocycles. The van der Waals surface area contributed by atoms with Gasteiger partial charge >= 0.3 is 0 Å². The van der Waals surface area contributed by atoms with E-state index in [0.717, 1.165) is 41.7 Å². The second-order valence-corrected chi connectivity index (χ2v) is 10.3. The Morgan fingerprint density at radius 3 is 2.37 bits per heavy atom. The third-order valence-electron chi connectivity index (χ3n) is 5.84. The zero-order valence-electron chi connectivity index (χ0n) is 20.1. The van der Waals surface area contributed by atoms with Crippen molar-refractivity contribution in [1.29, 1.82) is 5.26 Å². The van der Waals surface area contributed by atoms with Crippen LogP contribution in [0.15, 0.2) is 53.6 Å². The van der Waals surface area contributed by atoms with Crippen molar-refractivity contribution in [2.24, 2.45) is 0 Å². The second kappa shape index (κ2) is 10.3. The lowest BCUT2D eigenvalue weighted by Crippen LogP contribution is -2.44. The van der Waals surface area contributed by atoms with E-state index in [2.05, 4.69) is 25.5 Å². The number of rotatable bonds is 7. The second-order valence-electron chi connectivity index (χ2n) is 8.55. The van der Waals surface area contributed by atoms with Gasteiger partial charge in [0.1, 0.15) is 12.4 Å². The molecule has 3 aromatic rings. The number of aromatic nitrogens is 2. The first-order chi connectivity index (χ1) is 16.8. The molecule has 1 aromatic heterocycles. The summed E-state index contributed by atoms with van der Waals surface area (Å²) in [7, 11) is -3.92. The third kappa shape index (κ3) is 5.37. The predicted molar refractivity (Wildman–Crippen MR) is 138 cm³/mol. The van der Waals surface area contributed by atoms with Crippen LogP contribution in [0.2, 0.25) is 0 Å². The summed E-state index contributed by atoms with van der Waals surface area (Å²) in [5.41, 5.74) is 3.47. The van der Waals surface area contributed by atoms with Gasteiger partial charge in [0.05, 0.1) is 16.7 Å². The summed E-state index contributed by atoms with van der Waals surface area (Å²) >= 11 is 0. The summed E-state index contributed by atoms with van der Waals surface area (Å²) in [5.74, 6) is 1.32. The maximum Gasteiger partial charge on any atom is 0.265 e. The van der Waals surface area contributed by atoms with Crippen LogP contribution in [0.1, 0.15) is 16.7 Å². The molecule has 0 unspecified atom stereocenters. The molecule has 1 fully saturated rings. The highest BCUT2D eigenvalue weighted by molar-refractivity contribution is 7.93. The molecule has 2 N–H and O–H groups in total. The van der Waals surface area contributed by atoms with Gasteiger partial charge in [-0.2, -0.15) is 10.2 Å². The average Bonchev–Trinajstić information content (AvgIpc) is 2.83. The third-order valence-corrected chi connectivity index (χ3v) is 7.92. The maximum absolute atomic E-state index is 13.6. The highest BCUT2D eigenvalue weighted by Gasteiger charge is 2.28. The van der Waals surface area contributed by atoms with Crippen molar-refractivity contribution in [2.45, 2.75) is 25.7 Å². The number of hydrogen-bond donors (Lipinski definition) is 2. The van der Waals surface area contributed by atoms with E-state index in [0.29, 0.717) is 28.6 Å². The van der Waals surface area contributed by atoms with Crippen LogP contribution in [-0.4, -0.2) is 51.1 Å². The Morgan fingerprint density at radius 2 is 1.74 bits per heavy atom. The lowest BCUT2D eigenvalue weighted by atomic mass is 10.1. The topological polar surface area (TPSA) is 114 Å². The largest absolute Gasteiger partial charge is 0.340 e. The predicted octanol–water partition coefficient (Wildman–Crippen LogP) is 3.27. The Labute approximate surface area is 206 Å². The molecule has 4 rings (SSSR count). The van der Waals surface area contributed by atoms with Crippen molar-refractivity contribution in [2.75, 3.05) is 47.2 Å².